The molecule has 0 spiro atoms. The van der Waals surface area contributed by atoms with Crippen molar-refractivity contribution in [2.45, 2.75) is 32.0 Å². The lowest BCUT2D eigenvalue weighted by Crippen LogP contribution is -2.49. The van der Waals surface area contributed by atoms with Crippen molar-refractivity contribution in [2.24, 2.45) is 0 Å². The first-order valence-electron chi connectivity index (χ1n) is 7.31. The molecule has 2 rings (SSSR count). The minimum absolute atomic E-state index is 0.319. The Balaban J connectivity index is 2.03. The van der Waals surface area contributed by atoms with Crippen LogP contribution in [0.3, 0.4) is 0 Å². The molecule has 0 saturated carbocycles. The molecule has 1 fully saturated rings. The largest absolute Gasteiger partial charge is 0.497 e. The van der Waals surface area contributed by atoms with Gasteiger partial charge >= 0.3 is 0 Å². The molecule has 1 heterocycles. The maximum atomic E-state index is 5.69. The van der Waals surface area contributed by atoms with E-state index >= 15 is 0 Å². The average Bonchev–Trinajstić information content (AvgIpc) is 2.48. The second kappa shape index (κ2) is 7.07. The van der Waals surface area contributed by atoms with E-state index < -0.39 is 0 Å². The van der Waals surface area contributed by atoms with Gasteiger partial charge in [0.2, 0.25) is 0 Å². The number of benzene rings is 1. The van der Waals surface area contributed by atoms with Gasteiger partial charge in [-0.1, -0.05) is 12.1 Å². The zero-order chi connectivity index (χ0) is 14.5. The van der Waals surface area contributed by atoms with Gasteiger partial charge in [0, 0.05) is 25.2 Å². The van der Waals surface area contributed by atoms with Gasteiger partial charge in [-0.2, -0.15) is 0 Å². The van der Waals surface area contributed by atoms with Crippen LogP contribution in [0.15, 0.2) is 24.3 Å². The van der Waals surface area contributed by atoms with Gasteiger partial charge in [-0.15, -0.1) is 0 Å². The van der Waals surface area contributed by atoms with Crippen molar-refractivity contribution in [3.05, 3.63) is 29.8 Å². The summed E-state index contributed by atoms with van der Waals surface area (Å²) < 4.78 is 10.9. The summed E-state index contributed by atoms with van der Waals surface area (Å²) in [4.78, 5) is 2.50. The predicted molar refractivity (Wildman–Crippen MR) is 81.2 cm³/mol. The van der Waals surface area contributed by atoms with Gasteiger partial charge in [-0.25, -0.2) is 0 Å². The number of methoxy groups -OCH3 is 1. The SMILES string of the molecule is CNC(CN1CC(C)OCC1C)c1ccc(OC)cc1. The second-order valence-electron chi connectivity index (χ2n) is 5.56. The van der Waals surface area contributed by atoms with Gasteiger partial charge in [0.1, 0.15) is 5.75 Å². The van der Waals surface area contributed by atoms with E-state index in [9.17, 15) is 0 Å². The van der Waals surface area contributed by atoms with Crippen molar-refractivity contribution >= 4 is 0 Å². The van der Waals surface area contributed by atoms with Crippen molar-refractivity contribution in [2.75, 3.05) is 33.9 Å². The Kier molecular flexibility index (Phi) is 5.40. The highest BCUT2D eigenvalue weighted by Crippen LogP contribution is 2.21. The van der Waals surface area contributed by atoms with Crippen LogP contribution in [0.5, 0.6) is 5.75 Å². The molecule has 3 unspecified atom stereocenters. The molecule has 0 radical (unpaired) electrons. The van der Waals surface area contributed by atoms with Crippen molar-refractivity contribution in [3.63, 3.8) is 0 Å². The molecule has 3 atom stereocenters. The molecule has 1 aromatic carbocycles. The average molecular weight is 278 g/mol. The Hall–Kier alpha value is -1.10. The molecule has 0 amide bonds. The third-order valence-corrected chi connectivity index (χ3v) is 4.02. The Labute approximate surface area is 122 Å². The number of rotatable bonds is 5. The van der Waals surface area contributed by atoms with Gasteiger partial charge in [0.25, 0.3) is 0 Å². The second-order valence-corrected chi connectivity index (χ2v) is 5.56. The molecule has 1 saturated heterocycles. The third kappa shape index (κ3) is 3.72. The number of morpholine rings is 1. The van der Waals surface area contributed by atoms with E-state index in [1.165, 1.54) is 5.56 Å². The van der Waals surface area contributed by atoms with Crippen LogP contribution in [0.1, 0.15) is 25.5 Å². The first-order valence-corrected chi connectivity index (χ1v) is 7.31. The van der Waals surface area contributed by atoms with Crippen LogP contribution in [0, 0.1) is 0 Å². The molecule has 20 heavy (non-hydrogen) atoms. The van der Waals surface area contributed by atoms with Gasteiger partial charge < -0.3 is 14.8 Å². The first-order chi connectivity index (χ1) is 9.63. The summed E-state index contributed by atoms with van der Waals surface area (Å²) in [6, 6.07) is 9.10. The molecular weight excluding hydrogens is 252 g/mol. The van der Waals surface area contributed by atoms with Crippen molar-refractivity contribution in [1.82, 2.24) is 10.2 Å². The van der Waals surface area contributed by atoms with Crippen molar-refractivity contribution < 1.29 is 9.47 Å². The van der Waals surface area contributed by atoms with E-state index in [2.05, 4.69) is 36.2 Å². The van der Waals surface area contributed by atoms with Crippen LogP contribution in [-0.4, -0.2) is 50.9 Å². The number of nitrogens with zero attached hydrogens (tertiary/aromatic N) is 1. The van der Waals surface area contributed by atoms with Crippen LogP contribution in [0.2, 0.25) is 0 Å². The lowest BCUT2D eigenvalue weighted by atomic mass is 10.0. The monoisotopic (exact) mass is 278 g/mol. The minimum Gasteiger partial charge on any atom is -0.497 e. The Morgan fingerprint density at radius 2 is 2.05 bits per heavy atom. The summed E-state index contributed by atoms with van der Waals surface area (Å²) in [5.41, 5.74) is 1.29. The van der Waals surface area contributed by atoms with Gasteiger partial charge in [0.15, 0.2) is 0 Å². The zero-order valence-electron chi connectivity index (χ0n) is 12.9. The molecule has 1 aromatic rings. The fourth-order valence-electron chi connectivity index (χ4n) is 2.66. The lowest BCUT2D eigenvalue weighted by Gasteiger charge is -2.38. The Morgan fingerprint density at radius 3 is 2.65 bits per heavy atom. The van der Waals surface area contributed by atoms with E-state index in [4.69, 9.17) is 9.47 Å². The van der Waals surface area contributed by atoms with E-state index in [1.807, 2.05) is 19.2 Å². The van der Waals surface area contributed by atoms with Crippen LogP contribution < -0.4 is 10.1 Å². The van der Waals surface area contributed by atoms with Gasteiger partial charge in [-0.05, 0) is 38.6 Å². The van der Waals surface area contributed by atoms with Crippen LogP contribution in [0.4, 0.5) is 0 Å². The molecule has 0 bridgehead atoms. The molecule has 1 N–H and O–H groups in total. The normalized spacial score (nSPS) is 25.4. The van der Waals surface area contributed by atoms with E-state index in [0.29, 0.717) is 18.2 Å². The molecule has 1 aliphatic rings. The highest BCUT2D eigenvalue weighted by molar-refractivity contribution is 5.29. The molecule has 4 heteroatoms. The zero-order valence-corrected chi connectivity index (χ0v) is 12.9. The first kappa shape index (κ1) is 15.3. The van der Waals surface area contributed by atoms with Crippen LogP contribution >= 0.6 is 0 Å². The summed E-state index contributed by atoms with van der Waals surface area (Å²) in [6.45, 7) is 7.18. The number of nitrogens with one attached hydrogen (secondary N) is 1. The summed E-state index contributed by atoms with van der Waals surface area (Å²) in [5.74, 6) is 0.900. The van der Waals surface area contributed by atoms with E-state index in [0.717, 1.165) is 25.4 Å². The van der Waals surface area contributed by atoms with Crippen molar-refractivity contribution in [3.8, 4) is 5.75 Å². The molecule has 1 aliphatic heterocycles. The maximum Gasteiger partial charge on any atom is 0.118 e. The van der Waals surface area contributed by atoms with Crippen molar-refractivity contribution in [1.29, 1.82) is 0 Å². The molecule has 0 aromatic heterocycles. The third-order valence-electron chi connectivity index (χ3n) is 4.02. The van der Waals surface area contributed by atoms with Crippen LogP contribution in [-0.2, 0) is 4.74 Å². The minimum atomic E-state index is 0.319. The maximum absolute atomic E-state index is 5.69. The number of hydrogen-bond acceptors (Lipinski definition) is 4. The summed E-state index contributed by atoms with van der Waals surface area (Å²) >= 11 is 0. The topological polar surface area (TPSA) is 33.7 Å². The van der Waals surface area contributed by atoms with Gasteiger partial charge in [0.05, 0.1) is 19.8 Å². The number of hydrogen-bond donors (Lipinski definition) is 1. The van der Waals surface area contributed by atoms with Crippen LogP contribution in [0.25, 0.3) is 0 Å². The fraction of sp³-hybridized carbons (Fsp3) is 0.625. The number of likely N-dealkylation sites (N-methyl/N-ethyl adjacent to an activating group) is 1. The Morgan fingerprint density at radius 1 is 1.35 bits per heavy atom. The summed E-state index contributed by atoms with van der Waals surface area (Å²) in [5, 5.41) is 3.42. The quantitative estimate of drug-likeness (QED) is 0.894. The molecule has 0 aliphatic carbocycles. The van der Waals surface area contributed by atoms with Gasteiger partial charge in [-0.3, -0.25) is 4.90 Å². The number of ether oxygens (including phenoxy) is 2. The summed E-state index contributed by atoms with van der Waals surface area (Å²) in [7, 11) is 3.71. The smallest absolute Gasteiger partial charge is 0.118 e. The fourth-order valence-corrected chi connectivity index (χ4v) is 2.66. The standard InChI is InChI=1S/C16H26N2O2/c1-12-11-20-13(2)9-18(12)10-16(17-3)14-5-7-15(19-4)8-6-14/h5-8,12-13,16-17H,9-11H2,1-4H3. The lowest BCUT2D eigenvalue weighted by molar-refractivity contribution is -0.0519. The highest BCUT2D eigenvalue weighted by atomic mass is 16.5. The Bertz CT molecular complexity index is 407. The highest BCUT2D eigenvalue weighted by Gasteiger charge is 2.25. The summed E-state index contributed by atoms with van der Waals surface area (Å²) in [6.07, 6.45) is 0.319. The van der Waals surface area contributed by atoms with E-state index in [1.54, 1.807) is 7.11 Å². The predicted octanol–water partition coefficient (Wildman–Crippen LogP) is 2.06. The molecule has 4 nitrogen and oxygen atoms in total. The molecule has 112 valence electrons. The molecular formula is C16H26N2O2. The van der Waals surface area contributed by atoms with E-state index in [-0.39, 0.29) is 0 Å².